The van der Waals surface area contributed by atoms with Crippen LogP contribution in [0.5, 0.6) is 5.75 Å². The number of aliphatic hydroxyl groups excluding tert-OH is 1. The van der Waals surface area contributed by atoms with Crippen LogP contribution in [-0.2, 0) is 11.2 Å². The summed E-state index contributed by atoms with van der Waals surface area (Å²) in [6.45, 7) is 0. The fraction of sp³-hybridized carbons (Fsp3) is 0.533. The first-order valence-corrected chi connectivity index (χ1v) is 7.15. The van der Waals surface area contributed by atoms with E-state index in [1.165, 1.54) is 24.3 Å². The van der Waals surface area contributed by atoms with Crippen LogP contribution >= 0.6 is 0 Å². The molecule has 1 aliphatic carbocycles. The second-order valence-electron chi connectivity index (χ2n) is 5.39. The Balaban J connectivity index is 1.86. The molecule has 0 heterocycles. The Labute approximate surface area is 126 Å². The summed E-state index contributed by atoms with van der Waals surface area (Å²) in [7, 11) is 0. The zero-order chi connectivity index (χ0) is 16.2. The van der Waals surface area contributed by atoms with Crippen molar-refractivity contribution in [2.24, 2.45) is 0 Å². The van der Waals surface area contributed by atoms with Gasteiger partial charge >= 0.3 is 6.36 Å². The van der Waals surface area contributed by atoms with Gasteiger partial charge < -0.3 is 15.2 Å². The van der Waals surface area contributed by atoms with E-state index in [0.29, 0.717) is 12.0 Å². The average molecular weight is 317 g/mol. The zero-order valence-corrected chi connectivity index (χ0v) is 11.9. The second-order valence-corrected chi connectivity index (χ2v) is 5.39. The number of amides is 1. The minimum atomic E-state index is -4.73. The highest BCUT2D eigenvalue weighted by Crippen LogP contribution is 2.23. The number of ether oxygens (including phenoxy) is 1. The molecule has 1 aliphatic rings. The third kappa shape index (κ3) is 5.22. The maximum atomic E-state index is 12.0. The van der Waals surface area contributed by atoms with E-state index in [4.69, 9.17) is 0 Å². The molecule has 2 unspecified atom stereocenters. The largest absolute Gasteiger partial charge is 0.573 e. The number of benzene rings is 1. The van der Waals surface area contributed by atoms with Gasteiger partial charge in [-0.2, -0.15) is 0 Å². The van der Waals surface area contributed by atoms with E-state index in [-0.39, 0.29) is 24.1 Å². The number of carbonyl (C=O) groups excluding carboxylic acids is 1. The molecule has 0 aromatic heterocycles. The maximum Gasteiger partial charge on any atom is 0.573 e. The van der Waals surface area contributed by atoms with Crippen LogP contribution in [0, 0.1) is 0 Å². The van der Waals surface area contributed by atoms with Crippen molar-refractivity contribution in [2.45, 2.75) is 50.6 Å². The Bertz CT molecular complexity index is 502. The summed E-state index contributed by atoms with van der Waals surface area (Å²) in [5.74, 6) is -0.574. The van der Waals surface area contributed by atoms with Crippen LogP contribution in [0.1, 0.15) is 31.2 Å². The summed E-state index contributed by atoms with van der Waals surface area (Å²) in [4.78, 5) is 11.9. The number of hydrogen-bond donors (Lipinski definition) is 2. The number of alkyl halides is 3. The van der Waals surface area contributed by atoms with E-state index >= 15 is 0 Å². The molecule has 0 bridgehead atoms. The fourth-order valence-electron chi connectivity index (χ4n) is 2.53. The highest BCUT2D eigenvalue weighted by atomic mass is 19.4. The van der Waals surface area contributed by atoms with E-state index in [2.05, 4.69) is 10.1 Å². The van der Waals surface area contributed by atoms with Crippen LogP contribution in [0.15, 0.2) is 24.3 Å². The molecule has 0 aliphatic heterocycles. The van der Waals surface area contributed by atoms with E-state index in [0.717, 1.165) is 19.3 Å². The number of rotatable bonds is 4. The van der Waals surface area contributed by atoms with Gasteiger partial charge in [-0.3, -0.25) is 4.79 Å². The fourth-order valence-corrected chi connectivity index (χ4v) is 2.53. The topological polar surface area (TPSA) is 58.6 Å². The van der Waals surface area contributed by atoms with E-state index in [1.807, 2.05) is 0 Å². The molecular formula is C15H18F3NO3. The molecule has 1 aromatic rings. The number of hydrogen-bond acceptors (Lipinski definition) is 3. The molecule has 22 heavy (non-hydrogen) atoms. The SMILES string of the molecule is O=C(Cc1ccc(OC(F)(F)F)cc1)NC1CCCCC1O. The Morgan fingerprint density at radius 1 is 1.23 bits per heavy atom. The summed E-state index contributed by atoms with van der Waals surface area (Å²) >= 11 is 0. The lowest BCUT2D eigenvalue weighted by Gasteiger charge is -2.28. The minimum Gasteiger partial charge on any atom is -0.406 e. The molecule has 7 heteroatoms. The Hall–Kier alpha value is -1.76. The molecule has 1 amide bonds. The minimum absolute atomic E-state index is 0.0511. The predicted octanol–water partition coefficient (Wildman–Crippen LogP) is 2.55. The smallest absolute Gasteiger partial charge is 0.406 e. The van der Waals surface area contributed by atoms with Crippen molar-refractivity contribution in [1.29, 1.82) is 0 Å². The summed E-state index contributed by atoms with van der Waals surface area (Å²) in [6, 6.07) is 4.93. The van der Waals surface area contributed by atoms with Crippen molar-refractivity contribution in [3.05, 3.63) is 29.8 Å². The number of halogens is 3. The lowest BCUT2D eigenvalue weighted by Crippen LogP contribution is -2.45. The summed E-state index contributed by atoms with van der Waals surface area (Å²) in [5, 5.41) is 12.6. The molecule has 0 spiro atoms. The van der Waals surface area contributed by atoms with Crippen molar-refractivity contribution in [3.8, 4) is 5.75 Å². The van der Waals surface area contributed by atoms with Gasteiger partial charge in [-0.1, -0.05) is 25.0 Å². The summed E-state index contributed by atoms with van der Waals surface area (Å²) in [6.07, 6.45) is -1.87. The molecule has 0 radical (unpaired) electrons. The van der Waals surface area contributed by atoms with Crippen LogP contribution in [0.2, 0.25) is 0 Å². The molecule has 1 saturated carbocycles. The molecule has 0 saturated heterocycles. The monoisotopic (exact) mass is 317 g/mol. The summed E-state index contributed by atoms with van der Waals surface area (Å²) in [5.41, 5.74) is 0.581. The van der Waals surface area contributed by atoms with Gasteiger partial charge in [-0.05, 0) is 30.5 Å². The highest BCUT2D eigenvalue weighted by molar-refractivity contribution is 5.79. The second kappa shape index (κ2) is 7.00. The van der Waals surface area contributed by atoms with Crippen molar-refractivity contribution in [2.75, 3.05) is 0 Å². The molecule has 1 fully saturated rings. The standard InChI is InChI=1S/C15H18F3NO3/c16-15(17,18)22-11-7-5-10(6-8-11)9-14(21)19-12-3-1-2-4-13(12)20/h5-8,12-13,20H,1-4,9H2,(H,19,21). The molecule has 2 N–H and O–H groups in total. The average Bonchev–Trinajstić information content (AvgIpc) is 2.42. The van der Waals surface area contributed by atoms with Crippen LogP contribution in [0.4, 0.5) is 13.2 Å². The van der Waals surface area contributed by atoms with Crippen LogP contribution in [0.3, 0.4) is 0 Å². The van der Waals surface area contributed by atoms with E-state index < -0.39 is 12.5 Å². The van der Waals surface area contributed by atoms with Gasteiger partial charge in [0.25, 0.3) is 0 Å². The summed E-state index contributed by atoms with van der Waals surface area (Å²) < 4.78 is 39.9. The predicted molar refractivity (Wildman–Crippen MR) is 73.2 cm³/mol. The number of nitrogens with one attached hydrogen (secondary N) is 1. The first-order chi connectivity index (χ1) is 10.3. The molecule has 2 rings (SSSR count). The van der Waals surface area contributed by atoms with Gasteiger partial charge in [0, 0.05) is 0 Å². The quantitative estimate of drug-likeness (QED) is 0.897. The normalized spacial score (nSPS) is 22.2. The van der Waals surface area contributed by atoms with E-state index in [1.54, 1.807) is 0 Å². The molecular weight excluding hydrogens is 299 g/mol. The van der Waals surface area contributed by atoms with Gasteiger partial charge in [-0.15, -0.1) is 13.2 Å². The van der Waals surface area contributed by atoms with Crippen LogP contribution in [0.25, 0.3) is 0 Å². The third-order valence-corrected chi connectivity index (χ3v) is 3.60. The van der Waals surface area contributed by atoms with Gasteiger partial charge in [0.05, 0.1) is 18.6 Å². The van der Waals surface area contributed by atoms with Crippen LogP contribution in [-0.4, -0.2) is 29.5 Å². The van der Waals surface area contributed by atoms with Gasteiger partial charge in [0.2, 0.25) is 5.91 Å². The van der Waals surface area contributed by atoms with Gasteiger partial charge in [0.15, 0.2) is 0 Å². The van der Waals surface area contributed by atoms with Crippen molar-refractivity contribution >= 4 is 5.91 Å². The number of aliphatic hydroxyl groups is 1. The lowest BCUT2D eigenvalue weighted by molar-refractivity contribution is -0.274. The Morgan fingerprint density at radius 2 is 1.86 bits per heavy atom. The van der Waals surface area contributed by atoms with Crippen molar-refractivity contribution < 1.29 is 27.8 Å². The van der Waals surface area contributed by atoms with Crippen molar-refractivity contribution in [3.63, 3.8) is 0 Å². The van der Waals surface area contributed by atoms with Crippen LogP contribution < -0.4 is 10.1 Å². The molecule has 122 valence electrons. The molecule has 1 aromatic carbocycles. The number of carbonyl (C=O) groups is 1. The first-order valence-electron chi connectivity index (χ1n) is 7.15. The lowest BCUT2D eigenvalue weighted by atomic mass is 9.92. The van der Waals surface area contributed by atoms with Gasteiger partial charge in [0.1, 0.15) is 5.75 Å². The molecule has 4 nitrogen and oxygen atoms in total. The Morgan fingerprint density at radius 3 is 2.45 bits per heavy atom. The van der Waals surface area contributed by atoms with Crippen molar-refractivity contribution in [1.82, 2.24) is 5.32 Å². The third-order valence-electron chi connectivity index (χ3n) is 3.60. The zero-order valence-electron chi connectivity index (χ0n) is 11.9. The molecule has 2 atom stereocenters. The highest BCUT2D eigenvalue weighted by Gasteiger charge is 2.31. The Kier molecular flexibility index (Phi) is 5.28. The maximum absolute atomic E-state index is 12.0. The van der Waals surface area contributed by atoms with Gasteiger partial charge in [-0.25, -0.2) is 0 Å². The van der Waals surface area contributed by atoms with E-state index in [9.17, 15) is 23.1 Å². The first kappa shape index (κ1) is 16.6.